The molecule has 0 spiro atoms. The van der Waals surface area contributed by atoms with E-state index in [4.69, 9.17) is 5.73 Å². The van der Waals surface area contributed by atoms with Crippen LogP contribution in [-0.4, -0.2) is 23.4 Å². The summed E-state index contributed by atoms with van der Waals surface area (Å²) in [6.45, 7) is 2.87. The third kappa shape index (κ3) is 2.11. The van der Waals surface area contributed by atoms with Crippen molar-refractivity contribution in [1.82, 2.24) is 4.90 Å². The third-order valence-electron chi connectivity index (χ3n) is 4.79. The van der Waals surface area contributed by atoms with E-state index in [-0.39, 0.29) is 5.91 Å². The number of rotatable bonds is 1. The van der Waals surface area contributed by atoms with Gasteiger partial charge in [0, 0.05) is 18.3 Å². The molecule has 2 atom stereocenters. The molecule has 1 amide bonds. The van der Waals surface area contributed by atoms with Gasteiger partial charge in [-0.2, -0.15) is 0 Å². The van der Waals surface area contributed by atoms with Gasteiger partial charge in [0.2, 0.25) is 0 Å². The Morgan fingerprint density at radius 2 is 2.05 bits per heavy atom. The molecule has 2 unspecified atom stereocenters. The molecular weight excluding hydrogens is 236 g/mol. The molecule has 1 aliphatic heterocycles. The van der Waals surface area contributed by atoms with Gasteiger partial charge in [-0.3, -0.25) is 4.79 Å². The first kappa shape index (κ1) is 12.5. The van der Waals surface area contributed by atoms with Crippen LogP contribution in [0.2, 0.25) is 0 Å². The first-order valence-corrected chi connectivity index (χ1v) is 7.34. The van der Waals surface area contributed by atoms with Crippen molar-refractivity contribution >= 4 is 11.6 Å². The monoisotopic (exact) mass is 258 g/mol. The zero-order chi connectivity index (χ0) is 13.4. The van der Waals surface area contributed by atoms with Crippen LogP contribution in [0, 0.1) is 12.8 Å². The number of hydrogen-bond donors (Lipinski definition) is 1. The maximum atomic E-state index is 12.8. The number of aryl methyl sites for hydroxylation is 1. The van der Waals surface area contributed by atoms with Crippen LogP contribution in [0.15, 0.2) is 18.2 Å². The molecule has 1 aromatic rings. The van der Waals surface area contributed by atoms with Gasteiger partial charge in [-0.15, -0.1) is 0 Å². The largest absolute Gasteiger partial charge is 0.398 e. The fraction of sp³-hybridized carbons (Fsp3) is 0.562. The first-order chi connectivity index (χ1) is 9.18. The van der Waals surface area contributed by atoms with Gasteiger partial charge in [0.05, 0.1) is 5.56 Å². The molecule has 3 heteroatoms. The highest BCUT2D eigenvalue weighted by Gasteiger charge is 2.38. The molecule has 2 N–H and O–H groups in total. The molecule has 0 radical (unpaired) electrons. The molecule has 1 saturated heterocycles. The SMILES string of the molecule is Cc1cccc(N)c1C(=O)N1CCC2CCCCC21. The third-order valence-corrected chi connectivity index (χ3v) is 4.79. The summed E-state index contributed by atoms with van der Waals surface area (Å²) in [6, 6.07) is 6.17. The lowest BCUT2D eigenvalue weighted by molar-refractivity contribution is 0.0690. The number of anilines is 1. The average molecular weight is 258 g/mol. The van der Waals surface area contributed by atoms with E-state index >= 15 is 0 Å². The van der Waals surface area contributed by atoms with E-state index in [1.807, 2.05) is 25.1 Å². The quantitative estimate of drug-likeness (QED) is 0.787. The molecule has 2 fully saturated rings. The van der Waals surface area contributed by atoms with Crippen LogP contribution in [0.25, 0.3) is 0 Å². The maximum Gasteiger partial charge on any atom is 0.256 e. The van der Waals surface area contributed by atoms with Crippen LogP contribution in [0.1, 0.15) is 48.0 Å². The number of carbonyl (C=O) groups is 1. The van der Waals surface area contributed by atoms with Gasteiger partial charge >= 0.3 is 0 Å². The summed E-state index contributed by atoms with van der Waals surface area (Å²) in [4.78, 5) is 14.9. The molecular formula is C16H22N2O. The van der Waals surface area contributed by atoms with E-state index in [0.29, 0.717) is 17.3 Å². The number of hydrogen-bond acceptors (Lipinski definition) is 2. The molecule has 3 rings (SSSR count). The van der Waals surface area contributed by atoms with Crippen molar-refractivity contribution in [1.29, 1.82) is 0 Å². The highest BCUT2D eigenvalue weighted by molar-refractivity contribution is 6.00. The molecule has 19 heavy (non-hydrogen) atoms. The second kappa shape index (κ2) is 4.87. The van der Waals surface area contributed by atoms with E-state index in [2.05, 4.69) is 4.90 Å². The van der Waals surface area contributed by atoms with E-state index in [9.17, 15) is 4.79 Å². The number of nitrogens with two attached hydrogens (primary N) is 1. The highest BCUT2D eigenvalue weighted by atomic mass is 16.2. The Balaban J connectivity index is 1.88. The van der Waals surface area contributed by atoms with Gasteiger partial charge in [0.1, 0.15) is 0 Å². The van der Waals surface area contributed by atoms with E-state index in [0.717, 1.165) is 18.0 Å². The first-order valence-electron chi connectivity index (χ1n) is 7.34. The molecule has 3 nitrogen and oxygen atoms in total. The summed E-state index contributed by atoms with van der Waals surface area (Å²) in [5.74, 6) is 0.868. The van der Waals surface area contributed by atoms with E-state index < -0.39 is 0 Å². The fourth-order valence-electron chi connectivity index (χ4n) is 3.78. The number of fused-ring (bicyclic) bond motifs is 1. The molecule has 1 saturated carbocycles. The topological polar surface area (TPSA) is 46.3 Å². The Kier molecular flexibility index (Phi) is 3.21. The summed E-state index contributed by atoms with van der Waals surface area (Å²) in [5, 5.41) is 0. The number of nitrogens with zero attached hydrogens (tertiary/aromatic N) is 1. The minimum atomic E-state index is 0.144. The molecule has 1 heterocycles. The standard InChI is InChI=1S/C16H22N2O/c1-11-5-4-7-13(17)15(11)16(19)18-10-9-12-6-2-3-8-14(12)18/h4-5,7,12,14H,2-3,6,8-10,17H2,1H3. The molecule has 1 aromatic carbocycles. The van der Waals surface area contributed by atoms with E-state index in [1.54, 1.807) is 0 Å². The predicted octanol–water partition coefficient (Wildman–Crippen LogP) is 2.98. The Labute approximate surface area is 114 Å². The van der Waals surface area contributed by atoms with Crippen molar-refractivity contribution < 1.29 is 4.79 Å². The lowest BCUT2D eigenvalue weighted by atomic mass is 9.85. The number of nitrogen functional groups attached to an aromatic ring is 1. The van der Waals surface area contributed by atoms with Crippen LogP contribution >= 0.6 is 0 Å². The highest BCUT2D eigenvalue weighted by Crippen LogP contribution is 2.37. The van der Waals surface area contributed by atoms with Crippen LogP contribution < -0.4 is 5.73 Å². The van der Waals surface area contributed by atoms with Gasteiger partial charge in [-0.1, -0.05) is 25.0 Å². The molecule has 2 aliphatic rings. The van der Waals surface area contributed by atoms with Crippen LogP contribution in [0.4, 0.5) is 5.69 Å². The van der Waals surface area contributed by atoms with Gasteiger partial charge in [-0.25, -0.2) is 0 Å². The molecule has 102 valence electrons. The Hall–Kier alpha value is -1.51. The molecule has 0 bridgehead atoms. The minimum Gasteiger partial charge on any atom is -0.398 e. The van der Waals surface area contributed by atoms with Crippen LogP contribution in [0.3, 0.4) is 0 Å². The summed E-state index contributed by atoms with van der Waals surface area (Å²) in [6.07, 6.45) is 6.21. The van der Waals surface area contributed by atoms with Crippen LogP contribution in [0.5, 0.6) is 0 Å². The van der Waals surface area contributed by atoms with Crippen LogP contribution in [-0.2, 0) is 0 Å². The zero-order valence-electron chi connectivity index (χ0n) is 11.6. The van der Waals surface area contributed by atoms with Crippen molar-refractivity contribution in [3.63, 3.8) is 0 Å². The summed E-state index contributed by atoms with van der Waals surface area (Å²) < 4.78 is 0. The fourth-order valence-corrected chi connectivity index (χ4v) is 3.78. The van der Waals surface area contributed by atoms with Crippen molar-refractivity contribution in [2.24, 2.45) is 5.92 Å². The normalized spacial score (nSPS) is 26.3. The average Bonchev–Trinajstić information content (AvgIpc) is 2.82. The van der Waals surface area contributed by atoms with E-state index in [1.165, 1.54) is 32.1 Å². The number of carbonyl (C=O) groups excluding carboxylic acids is 1. The lowest BCUT2D eigenvalue weighted by Gasteiger charge is -2.32. The summed E-state index contributed by atoms with van der Waals surface area (Å²) in [5.41, 5.74) is 8.33. The van der Waals surface area contributed by atoms with Crippen molar-refractivity contribution in [3.05, 3.63) is 29.3 Å². The smallest absolute Gasteiger partial charge is 0.256 e. The number of benzene rings is 1. The Bertz CT molecular complexity index is 477. The summed E-state index contributed by atoms with van der Waals surface area (Å²) >= 11 is 0. The molecule has 0 aromatic heterocycles. The Morgan fingerprint density at radius 3 is 2.84 bits per heavy atom. The van der Waals surface area contributed by atoms with Crippen molar-refractivity contribution in [3.8, 4) is 0 Å². The van der Waals surface area contributed by atoms with Gasteiger partial charge < -0.3 is 10.6 Å². The maximum absolute atomic E-state index is 12.8. The zero-order valence-corrected chi connectivity index (χ0v) is 11.6. The van der Waals surface area contributed by atoms with Crippen molar-refractivity contribution in [2.75, 3.05) is 12.3 Å². The number of amides is 1. The lowest BCUT2D eigenvalue weighted by Crippen LogP contribution is -2.39. The number of likely N-dealkylation sites (tertiary alicyclic amines) is 1. The minimum absolute atomic E-state index is 0.144. The van der Waals surface area contributed by atoms with Gasteiger partial charge in [0.25, 0.3) is 5.91 Å². The summed E-state index contributed by atoms with van der Waals surface area (Å²) in [7, 11) is 0. The second-order valence-corrected chi connectivity index (χ2v) is 5.94. The van der Waals surface area contributed by atoms with Crippen molar-refractivity contribution in [2.45, 2.75) is 45.1 Å². The Morgan fingerprint density at radius 1 is 1.26 bits per heavy atom. The molecule has 1 aliphatic carbocycles. The second-order valence-electron chi connectivity index (χ2n) is 5.94. The van der Waals surface area contributed by atoms with Gasteiger partial charge in [0.15, 0.2) is 0 Å². The predicted molar refractivity (Wildman–Crippen MR) is 77.0 cm³/mol. The van der Waals surface area contributed by atoms with Gasteiger partial charge in [-0.05, 0) is 43.7 Å².